The smallest absolute Gasteiger partial charge is 0.275 e. The van der Waals surface area contributed by atoms with Gasteiger partial charge in [0.25, 0.3) is 5.91 Å². The van der Waals surface area contributed by atoms with Gasteiger partial charge in [-0.05, 0) is 7.05 Å². The van der Waals surface area contributed by atoms with Gasteiger partial charge in [-0.1, -0.05) is 5.16 Å². The molecule has 0 aliphatic heterocycles. The monoisotopic (exact) mass is 183 g/mol. The molecule has 0 fully saturated rings. The third kappa shape index (κ3) is 2.55. The Hall–Kier alpha value is -1.36. The highest BCUT2D eigenvalue weighted by Crippen LogP contribution is 1.98. The number of rotatable bonds is 4. The molecule has 72 valence electrons. The number of carbonyl (C=O) groups is 1. The number of amides is 1. The molecule has 13 heavy (non-hydrogen) atoms. The first-order valence-electron chi connectivity index (χ1n) is 4.06. The number of hydrogen-bond donors (Lipinski definition) is 1. The van der Waals surface area contributed by atoms with Crippen LogP contribution in [-0.4, -0.2) is 43.1 Å². The van der Waals surface area contributed by atoms with Crippen molar-refractivity contribution in [1.82, 2.24) is 15.4 Å². The Bertz CT molecular complexity index is 258. The highest BCUT2D eigenvalue weighted by Gasteiger charge is 2.13. The van der Waals surface area contributed by atoms with Gasteiger partial charge in [0.1, 0.15) is 6.26 Å². The van der Waals surface area contributed by atoms with Crippen molar-refractivity contribution in [1.29, 1.82) is 0 Å². The first kappa shape index (κ1) is 9.73. The highest BCUT2D eigenvalue weighted by atomic mass is 16.5. The molecular formula is C8H13N3O2. The van der Waals surface area contributed by atoms with Gasteiger partial charge in [0.2, 0.25) is 0 Å². The van der Waals surface area contributed by atoms with E-state index in [4.69, 9.17) is 0 Å². The van der Waals surface area contributed by atoms with Crippen molar-refractivity contribution in [3.05, 3.63) is 18.0 Å². The van der Waals surface area contributed by atoms with Crippen molar-refractivity contribution < 1.29 is 9.32 Å². The van der Waals surface area contributed by atoms with E-state index < -0.39 is 0 Å². The van der Waals surface area contributed by atoms with Gasteiger partial charge < -0.3 is 14.7 Å². The van der Waals surface area contributed by atoms with Crippen LogP contribution in [0, 0.1) is 0 Å². The predicted molar refractivity (Wildman–Crippen MR) is 47.4 cm³/mol. The first-order chi connectivity index (χ1) is 6.25. The van der Waals surface area contributed by atoms with Crippen LogP contribution < -0.4 is 5.32 Å². The van der Waals surface area contributed by atoms with Gasteiger partial charge in [0.15, 0.2) is 5.69 Å². The molecule has 0 bridgehead atoms. The molecule has 0 unspecified atom stereocenters. The molecule has 0 spiro atoms. The number of aromatic nitrogens is 1. The Kier molecular flexibility index (Phi) is 3.45. The number of likely N-dealkylation sites (N-methyl/N-ethyl adjacent to an activating group) is 2. The Morgan fingerprint density at radius 3 is 3.08 bits per heavy atom. The van der Waals surface area contributed by atoms with Crippen LogP contribution in [0.15, 0.2) is 16.9 Å². The van der Waals surface area contributed by atoms with E-state index in [1.54, 1.807) is 18.0 Å². The summed E-state index contributed by atoms with van der Waals surface area (Å²) in [6.45, 7) is 1.42. The van der Waals surface area contributed by atoms with Crippen molar-refractivity contribution in [3.8, 4) is 0 Å². The predicted octanol–water partition coefficient (Wildman–Crippen LogP) is -0.0340. The average molecular weight is 183 g/mol. The fourth-order valence-corrected chi connectivity index (χ4v) is 0.899. The summed E-state index contributed by atoms with van der Waals surface area (Å²) in [6.07, 6.45) is 1.39. The van der Waals surface area contributed by atoms with Crippen molar-refractivity contribution in [3.63, 3.8) is 0 Å². The van der Waals surface area contributed by atoms with E-state index in [0.717, 1.165) is 6.54 Å². The quantitative estimate of drug-likeness (QED) is 0.712. The van der Waals surface area contributed by atoms with Gasteiger partial charge in [-0.25, -0.2) is 0 Å². The van der Waals surface area contributed by atoms with E-state index in [0.29, 0.717) is 12.2 Å². The molecule has 0 aliphatic rings. The summed E-state index contributed by atoms with van der Waals surface area (Å²) in [5.41, 5.74) is 0.346. The number of nitrogens with one attached hydrogen (secondary N) is 1. The molecule has 5 nitrogen and oxygen atoms in total. The molecule has 1 amide bonds. The fraction of sp³-hybridized carbons (Fsp3) is 0.500. The Morgan fingerprint density at radius 2 is 2.54 bits per heavy atom. The van der Waals surface area contributed by atoms with Gasteiger partial charge in [-0.2, -0.15) is 0 Å². The zero-order chi connectivity index (χ0) is 9.68. The summed E-state index contributed by atoms with van der Waals surface area (Å²) in [6, 6.07) is 1.55. The lowest BCUT2D eigenvalue weighted by atomic mass is 10.4. The number of nitrogens with zero attached hydrogens (tertiary/aromatic N) is 2. The average Bonchev–Trinajstić information content (AvgIpc) is 2.65. The molecule has 5 heteroatoms. The zero-order valence-electron chi connectivity index (χ0n) is 7.78. The van der Waals surface area contributed by atoms with Crippen molar-refractivity contribution in [2.45, 2.75) is 0 Å². The number of carbonyl (C=O) groups excluding carboxylic acids is 1. The van der Waals surface area contributed by atoms with Crippen molar-refractivity contribution in [2.75, 3.05) is 27.2 Å². The van der Waals surface area contributed by atoms with E-state index in [1.807, 2.05) is 7.05 Å². The van der Waals surface area contributed by atoms with Crippen molar-refractivity contribution in [2.24, 2.45) is 0 Å². The maximum atomic E-state index is 11.5. The largest absolute Gasteiger partial charge is 0.364 e. The molecule has 1 N–H and O–H groups in total. The molecular weight excluding hydrogens is 170 g/mol. The van der Waals surface area contributed by atoms with Crippen LogP contribution in [-0.2, 0) is 0 Å². The molecule has 0 saturated heterocycles. The van der Waals surface area contributed by atoms with Crippen LogP contribution in [0.3, 0.4) is 0 Å². The van der Waals surface area contributed by atoms with Crippen LogP contribution >= 0.6 is 0 Å². The molecule has 0 radical (unpaired) electrons. The second-order valence-corrected chi connectivity index (χ2v) is 2.71. The second kappa shape index (κ2) is 4.61. The molecule has 0 atom stereocenters. The lowest BCUT2D eigenvalue weighted by molar-refractivity contribution is 0.0786. The second-order valence-electron chi connectivity index (χ2n) is 2.71. The SMILES string of the molecule is CNCCN(C)C(=O)c1ccon1. The van der Waals surface area contributed by atoms with Gasteiger partial charge in [-0.15, -0.1) is 0 Å². The van der Waals surface area contributed by atoms with E-state index in [2.05, 4.69) is 15.0 Å². The fourth-order valence-electron chi connectivity index (χ4n) is 0.899. The lowest BCUT2D eigenvalue weighted by Gasteiger charge is -2.14. The van der Waals surface area contributed by atoms with Gasteiger partial charge >= 0.3 is 0 Å². The van der Waals surface area contributed by atoms with E-state index in [1.165, 1.54) is 6.26 Å². The van der Waals surface area contributed by atoms with Crippen LogP contribution in [0.1, 0.15) is 10.5 Å². The minimum Gasteiger partial charge on any atom is -0.364 e. The zero-order valence-corrected chi connectivity index (χ0v) is 7.78. The van der Waals surface area contributed by atoms with Crippen LogP contribution in [0.2, 0.25) is 0 Å². The maximum absolute atomic E-state index is 11.5. The topological polar surface area (TPSA) is 58.4 Å². The lowest BCUT2D eigenvalue weighted by Crippen LogP contribution is -2.32. The summed E-state index contributed by atoms with van der Waals surface area (Å²) in [7, 11) is 3.57. The third-order valence-electron chi connectivity index (χ3n) is 1.70. The molecule has 1 rings (SSSR count). The first-order valence-corrected chi connectivity index (χ1v) is 4.06. The third-order valence-corrected chi connectivity index (χ3v) is 1.70. The van der Waals surface area contributed by atoms with Gasteiger partial charge in [0.05, 0.1) is 0 Å². The van der Waals surface area contributed by atoms with E-state index in [-0.39, 0.29) is 5.91 Å². The Balaban J connectivity index is 2.48. The minimum atomic E-state index is -0.121. The summed E-state index contributed by atoms with van der Waals surface area (Å²) in [5, 5.41) is 6.52. The molecule has 0 aliphatic carbocycles. The Labute approximate surface area is 76.7 Å². The Morgan fingerprint density at radius 1 is 1.77 bits per heavy atom. The normalized spacial score (nSPS) is 10.0. The molecule has 1 aromatic heterocycles. The van der Waals surface area contributed by atoms with E-state index in [9.17, 15) is 4.79 Å². The standard InChI is InChI=1S/C8H13N3O2/c1-9-4-5-11(2)8(12)7-3-6-13-10-7/h3,6,9H,4-5H2,1-2H3. The molecule has 1 heterocycles. The maximum Gasteiger partial charge on any atom is 0.275 e. The van der Waals surface area contributed by atoms with Crippen LogP contribution in [0.25, 0.3) is 0 Å². The summed E-state index contributed by atoms with van der Waals surface area (Å²) in [4.78, 5) is 13.1. The van der Waals surface area contributed by atoms with Gasteiger partial charge in [-0.3, -0.25) is 4.79 Å². The highest BCUT2D eigenvalue weighted by molar-refractivity contribution is 5.91. The number of hydrogen-bond acceptors (Lipinski definition) is 4. The molecule has 1 aromatic rings. The van der Waals surface area contributed by atoms with Crippen molar-refractivity contribution >= 4 is 5.91 Å². The molecule has 0 saturated carbocycles. The summed E-state index contributed by atoms with van der Waals surface area (Å²) >= 11 is 0. The molecule has 0 aromatic carbocycles. The van der Waals surface area contributed by atoms with Crippen LogP contribution in [0.5, 0.6) is 0 Å². The van der Waals surface area contributed by atoms with Crippen LogP contribution in [0.4, 0.5) is 0 Å². The minimum absolute atomic E-state index is 0.121. The van der Waals surface area contributed by atoms with E-state index >= 15 is 0 Å². The summed E-state index contributed by atoms with van der Waals surface area (Å²) in [5.74, 6) is -0.121. The van der Waals surface area contributed by atoms with Gasteiger partial charge in [0, 0.05) is 26.2 Å². The summed E-state index contributed by atoms with van der Waals surface area (Å²) < 4.78 is 4.58.